The summed E-state index contributed by atoms with van der Waals surface area (Å²) in [7, 11) is 0. The third-order valence-corrected chi connectivity index (χ3v) is 4.41. The molecular weight excluding hydrogens is 341 g/mol. The quantitative estimate of drug-likeness (QED) is 0.686. The van der Waals surface area contributed by atoms with Gasteiger partial charge in [-0.2, -0.15) is 4.68 Å². The lowest BCUT2D eigenvalue weighted by Gasteiger charge is -2.06. The number of aryl methyl sites for hydroxylation is 1. The van der Waals surface area contributed by atoms with Gasteiger partial charge in [0.2, 0.25) is 11.1 Å². The average Bonchev–Trinajstić information content (AvgIpc) is 3.10. The van der Waals surface area contributed by atoms with E-state index < -0.39 is 0 Å². The Kier molecular flexibility index (Phi) is 5.39. The van der Waals surface area contributed by atoms with Crippen LogP contribution in [0.2, 0.25) is 0 Å². The molecule has 25 heavy (non-hydrogen) atoms. The van der Waals surface area contributed by atoms with Gasteiger partial charge in [0.25, 0.3) is 0 Å². The van der Waals surface area contributed by atoms with Crippen molar-refractivity contribution in [3.63, 3.8) is 0 Å². The lowest BCUT2D eigenvalue weighted by atomic mass is 10.1. The molecule has 3 aromatic rings. The summed E-state index contributed by atoms with van der Waals surface area (Å²) in [4.78, 5) is 12.1. The van der Waals surface area contributed by atoms with Crippen molar-refractivity contribution in [3.8, 4) is 5.69 Å². The first kappa shape index (κ1) is 17.1. The second-order valence-electron chi connectivity index (χ2n) is 5.24. The van der Waals surface area contributed by atoms with Crippen LogP contribution in [-0.4, -0.2) is 31.9 Å². The number of anilines is 1. The van der Waals surface area contributed by atoms with Gasteiger partial charge in [0.15, 0.2) is 0 Å². The van der Waals surface area contributed by atoms with Gasteiger partial charge in [-0.15, -0.1) is 5.10 Å². The molecule has 0 fully saturated rings. The Labute approximate surface area is 148 Å². The molecule has 2 aromatic carbocycles. The van der Waals surface area contributed by atoms with Gasteiger partial charge in [-0.1, -0.05) is 30.8 Å². The molecule has 0 aliphatic carbocycles. The molecule has 1 aromatic heterocycles. The second kappa shape index (κ2) is 7.89. The number of nitrogens with zero attached hydrogens (tertiary/aromatic N) is 4. The van der Waals surface area contributed by atoms with Gasteiger partial charge < -0.3 is 5.32 Å². The van der Waals surface area contributed by atoms with Crippen molar-refractivity contribution in [1.29, 1.82) is 0 Å². The highest BCUT2D eigenvalue weighted by molar-refractivity contribution is 7.99. The fourth-order valence-electron chi connectivity index (χ4n) is 2.16. The summed E-state index contributed by atoms with van der Waals surface area (Å²) in [5.74, 6) is -0.320. The lowest BCUT2D eigenvalue weighted by molar-refractivity contribution is -0.113. The van der Waals surface area contributed by atoms with E-state index in [1.165, 1.54) is 34.1 Å². The number of tetrazole rings is 1. The summed E-state index contributed by atoms with van der Waals surface area (Å²) >= 11 is 1.21. The minimum absolute atomic E-state index is 0.150. The summed E-state index contributed by atoms with van der Waals surface area (Å²) in [6, 6.07) is 13.5. The summed E-state index contributed by atoms with van der Waals surface area (Å²) in [6.45, 7) is 2.08. The molecule has 0 aliphatic rings. The van der Waals surface area contributed by atoms with E-state index in [0.29, 0.717) is 10.8 Å². The van der Waals surface area contributed by atoms with Crippen molar-refractivity contribution in [2.75, 3.05) is 11.1 Å². The van der Waals surface area contributed by atoms with Gasteiger partial charge >= 0.3 is 0 Å². The topological polar surface area (TPSA) is 72.7 Å². The highest BCUT2D eigenvalue weighted by Crippen LogP contribution is 2.19. The van der Waals surface area contributed by atoms with Crippen molar-refractivity contribution in [3.05, 3.63) is 59.9 Å². The normalized spacial score (nSPS) is 10.6. The summed E-state index contributed by atoms with van der Waals surface area (Å²) in [5, 5.41) is 14.7. The molecule has 6 nitrogen and oxygen atoms in total. The Hall–Kier alpha value is -2.74. The first-order valence-electron chi connectivity index (χ1n) is 7.71. The first-order valence-corrected chi connectivity index (χ1v) is 8.70. The number of hydrogen-bond donors (Lipinski definition) is 1. The first-order chi connectivity index (χ1) is 12.2. The molecule has 1 N–H and O–H groups in total. The van der Waals surface area contributed by atoms with E-state index in [2.05, 4.69) is 27.8 Å². The highest BCUT2D eigenvalue weighted by Gasteiger charge is 2.12. The monoisotopic (exact) mass is 357 g/mol. The van der Waals surface area contributed by atoms with Gasteiger partial charge in [-0.05, 0) is 58.8 Å². The van der Waals surface area contributed by atoms with Crippen LogP contribution in [0.5, 0.6) is 0 Å². The Balaban J connectivity index is 1.61. The van der Waals surface area contributed by atoms with Crippen LogP contribution in [-0.2, 0) is 11.2 Å². The van der Waals surface area contributed by atoms with Crippen LogP contribution in [0.25, 0.3) is 5.69 Å². The van der Waals surface area contributed by atoms with Crippen LogP contribution >= 0.6 is 11.8 Å². The van der Waals surface area contributed by atoms with E-state index in [-0.39, 0.29) is 17.5 Å². The van der Waals surface area contributed by atoms with Crippen molar-refractivity contribution in [1.82, 2.24) is 20.2 Å². The van der Waals surface area contributed by atoms with E-state index in [4.69, 9.17) is 0 Å². The zero-order chi connectivity index (χ0) is 17.6. The maximum atomic E-state index is 13.0. The Morgan fingerprint density at radius 1 is 1.16 bits per heavy atom. The number of benzene rings is 2. The minimum Gasteiger partial charge on any atom is -0.325 e. The van der Waals surface area contributed by atoms with E-state index >= 15 is 0 Å². The number of aromatic nitrogens is 4. The third kappa shape index (κ3) is 4.42. The molecule has 1 amide bonds. The second-order valence-corrected chi connectivity index (χ2v) is 6.18. The number of nitrogens with one attached hydrogen (secondary N) is 1. The largest absolute Gasteiger partial charge is 0.325 e. The van der Waals surface area contributed by atoms with E-state index in [1.807, 2.05) is 24.3 Å². The SMILES string of the molecule is CCc1ccc(NC(=O)CSc2nnnn2-c2ccc(F)cc2)cc1. The molecule has 0 radical (unpaired) electrons. The average molecular weight is 357 g/mol. The summed E-state index contributed by atoms with van der Waals surface area (Å²) < 4.78 is 14.5. The number of amides is 1. The summed E-state index contributed by atoms with van der Waals surface area (Å²) in [5.41, 5.74) is 2.59. The Morgan fingerprint density at radius 2 is 1.88 bits per heavy atom. The van der Waals surface area contributed by atoms with Gasteiger partial charge in [0, 0.05) is 5.69 Å². The van der Waals surface area contributed by atoms with Gasteiger partial charge in [0.1, 0.15) is 5.82 Å². The van der Waals surface area contributed by atoms with Crippen molar-refractivity contribution < 1.29 is 9.18 Å². The molecule has 0 unspecified atom stereocenters. The number of carbonyl (C=O) groups excluding carboxylic acids is 1. The van der Waals surface area contributed by atoms with Crippen molar-refractivity contribution in [2.45, 2.75) is 18.5 Å². The van der Waals surface area contributed by atoms with E-state index in [0.717, 1.165) is 12.1 Å². The standard InChI is InChI=1S/C17H16FN5OS/c1-2-12-3-7-14(8-4-12)19-16(24)11-25-17-20-21-22-23(17)15-9-5-13(18)6-10-15/h3-10H,2,11H2,1H3,(H,19,24). The molecule has 128 valence electrons. The van der Waals surface area contributed by atoms with Crippen LogP contribution in [0.4, 0.5) is 10.1 Å². The molecule has 0 bridgehead atoms. The molecule has 0 saturated carbocycles. The number of carbonyl (C=O) groups is 1. The predicted octanol–water partition coefficient (Wildman–Crippen LogP) is 3.09. The zero-order valence-corrected chi connectivity index (χ0v) is 14.3. The predicted molar refractivity (Wildman–Crippen MR) is 94.3 cm³/mol. The van der Waals surface area contributed by atoms with Crippen LogP contribution < -0.4 is 5.32 Å². The number of rotatable bonds is 6. The van der Waals surface area contributed by atoms with Crippen LogP contribution in [0.15, 0.2) is 53.7 Å². The molecule has 1 heterocycles. The molecule has 0 aliphatic heterocycles. The fraction of sp³-hybridized carbons (Fsp3) is 0.176. The summed E-state index contributed by atoms with van der Waals surface area (Å²) in [6.07, 6.45) is 0.954. The Morgan fingerprint density at radius 3 is 2.56 bits per heavy atom. The third-order valence-electron chi connectivity index (χ3n) is 3.49. The van der Waals surface area contributed by atoms with Crippen molar-refractivity contribution >= 4 is 23.4 Å². The molecule has 0 spiro atoms. The number of halogens is 1. The molecule has 0 saturated heterocycles. The van der Waals surface area contributed by atoms with E-state index in [1.54, 1.807) is 12.1 Å². The van der Waals surface area contributed by atoms with Crippen LogP contribution in [0.1, 0.15) is 12.5 Å². The van der Waals surface area contributed by atoms with Gasteiger partial charge in [0.05, 0.1) is 11.4 Å². The molecule has 0 atom stereocenters. The maximum Gasteiger partial charge on any atom is 0.234 e. The molecular formula is C17H16FN5OS. The Bertz CT molecular complexity index is 848. The highest BCUT2D eigenvalue weighted by atomic mass is 32.2. The van der Waals surface area contributed by atoms with E-state index in [9.17, 15) is 9.18 Å². The fourth-order valence-corrected chi connectivity index (χ4v) is 2.86. The van der Waals surface area contributed by atoms with Crippen molar-refractivity contribution in [2.24, 2.45) is 0 Å². The maximum absolute atomic E-state index is 13.0. The van der Waals surface area contributed by atoms with Crippen LogP contribution in [0, 0.1) is 5.82 Å². The minimum atomic E-state index is -0.334. The molecule has 8 heteroatoms. The van der Waals surface area contributed by atoms with Gasteiger partial charge in [-0.25, -0.2) is 4.39 Å². The van der Waals surface area contributed by atoms with Gasteiger partial charge in [-0.3, -0.25) is 4.79 Å². The smallest absolute Gasteiger partial charge is 0.234 e. The van der Waals surface area contributed by atoms with Crippen LogP contribution in [0.3, 0.4) is 0 Å². The number of thioether (sulfide) groups is 1. The zero-order valence-electron chi connectivity index (χ0n) is 13.5. The number of hydrogen-bond acceptors (Lipinski definition) is 5. The molecule has 3 rings (SSSR count). The lowest BCUT2D eigenvalue weighted by Crippen LogP contribution is -2.14.